The number of carbonyl (C=O) groups is 3. The minimum absolute atomic E-state index is 0.00205. The van der Waals surface area contributed by atoms with Crippen LogP contribution in [0.1, 0.15) is 25.4 Å². The molecule has 35 heavy (non-hydrogen) atoms. The Balaban J connectivity index is 1.89. The number of nitrogens with two attached hydrogens (primary N) is 2. The number of hydrogen-bond donors (Lipinski definition) is 5. The number of hydrogen-bond acceptors (Lipinski definition) is 13. The molecule has 0 saturated carbocycles. The molecule has 1 aliphatic rings. The third-order valence-electron chi connectivity index (χ3n) is 4.70. The van der Waals surface area contributed by atoms with Gasteiger partial charge >= 0.3 is 16.3 Å². The molecule has 2 unspecified atom stereocenters. The Morgan fingerprint density at radius 1 is 1.40 bits per heavy atom. The van der Waals surface area contributed by atoms with Crippen LogP contribution < -0.4 is 16.8 Å². The predicted octanol–water partition coefficient (Wildman–Crippen LogP) is -2.44. The lowest BCUT2D eigenvalue weighted by molar-refractivity contribution is -0.161. The molecular formula is C16H21N9O8S2. The maximum absolute atomic E-state index is 13.0. The molecule has 0 bridgehead atoms. The van der Waals surface area contributed by atoms with Crippen molar-refractivity contribution in [1.82, 2.24) is 29.4 Å². The average Bonchev–Trinajstić information content (AvgIpc) is 3.39. The van der Waals surface area contributed by atoms with E-state index in [0.29, 0.717) is 0 Å². The van der Waals surface area contributed by atoms with E-state index in [-0.39, 0.29) is 34.0 Å². The number of thiazole rings is 1. The van der Waals surface area contributed by atoms with Crippen LogP contribution in [0, 0.1) is 0 Å². The van der Waals surface area contributed by atoms with Gasteiger partial charge in [-0.3, -0.25) is 18.8 Å². The number of aliphatic carboxylic acids is 1. The molecule has 2 atom stereocenters. The van der Waals surface area contributed by atoms with Gasteiger partial charge in [0, 0.05) is 5.38 Å². The summed E-state index contributed by atoms with van der Waals surface area (Å²) in [5.74, 6) is -3.31. The summed E-state index contributed by atoms with van der Waals surface area (Å²) >= 11 is 0.957. The summed E-state index contributed by atoms with van der Waals surface area (Å²) in [7, 11) is -4.96. The Hall–Kier alpha value is -3.68. The number of nitrogens with one attached hydrogen (secondary N) is 1. The van der Waals surface area contributed by atoms with Gasteiger partial charge in [0.15, 0.2) is 16.7 Å². The maximum Gasteiger partial charge on any atom is 0.362 e. The molecule has 2 aromatic heterocycles. The van der Waals surface area contributed by atoms with Crippen molar-refractivity contribution in [3.05, 3.63) is 23.2 Å². The minimum atomic E-state index is -4.96. The smallest absolute Gasteiger partial charge is 0.362 e. The molecule has 19 heteroatoms. The summed E-state index contributed by atoms with van der Waals surface area (Å²) in [5, 5.41) is 20.5. The molecular weight excluding hydrogens is 510 g/mol. The lowest BCUT2D eigenvalue weighted by Gasteiger charge is -2.43. The van der Waals surface area contributed by atoms with Crippen molar-refractivity contribution < 1.29 is 37.3 Å². The van der Waals surface area contributed by atoms with Crippen molar-refractivity contribution in [3.63, 3.8) is 0 Å². The number of nitrogen functional groups attached to an aromatic ring is 1. The lowest BCUT2D eigenvalue weighted by atomic mass is 9.98. The third-order valence-corrected chi connectivity index (χ3v) is 6.33. The highest BCUT2D eigenvalue weighted by Crippen LogP contribution is 2.25. The van der Waals surface area contributed by atoms with Gasteiger partial charge in [0.2, 0.25) is 5.60 Å². The van der Waals surface area contributed by atoms with Crippen molar-refractivity contribution in [2.75, 3.05) is 5.73 Å². The predicted molar refractivity (Wildman–Crippen MR) is 118 cm³/mol. The zero-order valence-corrected chi connectivity index (χ0v) is 19.9. The van der Waals surface area contributed by atoms with Crippen LogP contribution in [-0.2, 0) is 42.6 Å². The van der Waals surface area contributed by atoms with Gasteiger partial charge in [0.25, 0.3) is 11.8 Å². The lowest BCUT2D eigenvalue weighted by Crippen LogP contribution is -2.73. The second-order valence-corrected chi connectivity index (χ2v) is 9.81. The van der Waals surface area contributed by atoms with Crippen molar-refractivity contribution in [2.24, 2.45) is 10.9 Å². The number of anilines is 1. The van der Waals surface area contributed by atoms with Crippen molar-refractivity contribution in [3.8, 4) is 0 Å². The van der Waals surface area contributed by atoms with Crippen LogP contribution >= 0.6 is 11.3 Å². The van der Waals surface area contributed by atoms with Gasteiger partial charge in [-0.2, -0.15) is 13.5 Å². The molecule has 190 valence electrons. The Morgan fingerprint density at radius 3 is 2.60 bits per heavy atom. The molecule has 0 spiro atoms. The average molecular weight is 532 g/mol. The second-order valence-electron chi connectivity index (χ2n) is 7.63. The highest BCUT2D eigenvalue weighted by atomic mass is 32.2. The van der Waals surface area contributed by atoms with E-state index in [0.717, 1.165) is 11.3 Å². The SMILES string of the molecule is CC(C)(ON=C(C(=O)NC1C(=O)N(S(=O)(=O)O)C1Cn1cnc(CN)n1)c1csc(N)n1)C(=O)O. The van der Waals surface area contributed by atoms with Gasteiger partial charge in [0.1, 0.15) is 18.1 Å². The molecule has 1 aliphatic heterocycles. The van der Waals surface area contributed by atoms with Crippen LogP contribution in [0.4, 0.5) is 5.13 Å². The molecule has 0 radical (unpaired) electrons. The van der Waals surface area contributed by atoms with Gasteiger partial charge in [-0.15, -0.1) is 11.3 Å². The van der Waals surface area contributed by atoms with Gasteiger partial charge in [-0.25, -0.2) is 19.1 Å². The number of amides is 2. The normalized spacial score (nSPS) is 18.8. The summed E-state index contributed by atoms with van der Waals surface area (Å²) in [6.45, 7) is 2.10. The first-order valence-corrected chi connectivity index (χ1v) is 11.9. The molecule has 7 N–H and O–H groups in total. The fourth-order valence-electron chi connectivity index (χ4n) is 2.86. The van der Waals surface area contributed by atoms with Crippen molar-refractivity contribution in [2.45, 2.75) is 44.6 Å². The van der Waals surface area contributed by atoms with Crippen LogP contribution in [0.25, 0.3) is 0 Å². The zero-order valence-electron chi connectivity index (χ0n) is 18.2. The van der Waals surface area contributed by atoms with E-state index in [1.165, 1.54) is 30.2 Å². The highest BCUT2D eigenvalue weighted by Gasteiger charge is 2.54. The van der Waals surface area contributed by atoms with E-state index < -0.39 is 51.5 Å². The van der Waals surface area contributed by atoms with Gasteiger partial charge < -0.3 is 26.7 Å². The molecule has 0 aromatic carbocycles. The summed E-state index contributed by atoms with van der Waals surface area (Å²) < 4.78 is 34.2. The molecule has 0 aliphatic carbocycles. The van der Waals surface area contributed by atoms with Gasteiger partial charge in [-0.1, -0.05) is 5.16 Å². The van der Waals surface area contributed by atoms with Crippen LogP contribution in [0.2, 0.25) is 0 Å². The standard InChI is InChI=1S/C16H21N9O8S2/c1-16(2,14(28)29)33-23-10(7-5-34-15(18)20-7)12(26)21-11-8(25(13(11)27)35(30,31)32)4-24-6-19-9(3-17)22-24/h5-6,8,11H,3-4,17H2,1-2H3,(H2,18,20)(H,21,26)(H,28,29)(H,30,31,32). The quantitative estimate of drug-likeness (QED) is 0.0924. The number of nitrogens with zero attached hydrogens (tertiary/aromatic N) is 6. The van der Waals surface area contributed by atoms with Crippen molar-refractivity contribution in [1.29, 1.82) is 0 Å². The van der Waals surface area contributed by atoms with E-state index in [1.54, 1.807) is 0 Å². The molecule has 3 rings (SSSR count). The van der Waals surface area contributed by atoms with Crippen LogP contribution in [0.15, 0.2) is 16.9 Å². The Kier molecular flexibility index (Phi) is 7.06. The number of β-lactam (4-membered cyclic amide) rings is 1. The monoisotopic (exact) mass is 531 g/mol. The van der Waals surface area contributed by atoms with Crippen molar-refractivity contribution >= 4 is 50.3 Å². The largest absolute Gasteiger partial charge is 0.478 e. The number of carboxylic acids is 1. The fourth-order valence-corrected chi connectivity index (χ4v) is 4.28. The van der Waals surface area contributed by atoms with Crippen LogP contribution in [-0.4, -0.2) is 83.3 Å². The highest BCUT2D eigenvalue weighted by molar-refractivity contribution is 7.84. The first kappa shape index (κ1) is 25.9. The Bertz CT molecular complexity index is 1290. The first-order valence-electron chi connectivity index (χ1n) is 9.65. The number of carbonyl (C=O) groups excluding carboxylic acids is 2. The second kappa shape index (κ2) is 9.52. The maximum atomic E-state index is 13.0. The Morgan fingerprint density at radius 2 is 2.09 bits per heavy atom. The molecule has 3 heterocycles. The summed E-state index contributed by atoms with van der Waals surface area (Å²) in [5.41, 5.74) is 8.63. The first-order chi connectivity index (χ1) is 16.2. The van der Waals surface area contributed by atoms with E-state index in [4.69, 9.17) is 16.3 Å². The topological polar surface area (TPSA) is 258 Å². The molecule has 17 nitrogen and oxygen atoms in total. The van der Waals surface area contributed by atoms with Crippen LogP contribution in [0.3, 0.4) is 0 Å². The molecule has 2 aromatic rings. The van der Waals surface area contributed by atoms with E-state index in [2.05, 4.69) is 25.5 Å². The summed E-state index contributed by atoms with van der Waals surface area (Å²) in [6, 6.07) is -2.73. The number of oxime groups is 1. The van der Waals surface area contributed by atoms with E-state index >= 15 is 0 Å². The van der Waals surface area contributed by atoms with Gasteiger partial charge in [-0.05, 0) is 13.8 Å². The zero-order chi connectivity index (χ0) is 26.1. The Labute approximate surface area is 201 Å². The van der Waals surface area contributed by atoms with E-state index in [1.807, 2.05) is 0 Å². The van der Waals surface area contributed by atoms with Gasteiger partial charge in [0.05, 0.1) is 19.1 Å². The van der Waals surface area contributed by atoms with E-state index in [9.17, 15) is 32.5 Å². The fraction of sp³-hybridized carbons (Fsp3) is 0.438. The number of rotatable bonds is 10. The molecule has 1 saturated heterocycles. The molecule has 2 amide bonds. The summed E-state index contributed by atoms with van der Waals surface area (Å²) in [4.78, 5) is 49.6. The third kappa shape index (κ3) is 5.53. The van der Waals surface area contributed by atoms with Crippen LogP contribution in [0.5, 0.6) is 0 Å². The summed E-state index contributed by atoms with van der Waals surface area (Å²) in [6.07, 6.45) is 1.23. The number of aromatic nitrogens is 4. The number of carboxylic acid groups (broad SMARTS) is 1. The molecule has 1 fully saturated rings. The minimum Gasteiger partial charge on any atom is -0.478 e.